The van der Waals surface area contributed by atoms with E-state index in [-0.39, 0.29) is 0 Å². The standard InChI is InChI=1S/C21H19N/c1-3-8-16(9-4-1)19-13-7-12-18-14-15-20(22-21(18)19)17-10-5-2-6-11-17/h1-6,8-11,14-15,19H,7,12-13H2. The van der Waals surface area contributed by atoms with Crippen LogP contribution in [0.25, 0.3) is 11.3 Å². The first-order chi connectivity index (χ1) is 10.9. The summed E-state index contributed by atoms with van der Waals surface area (Å²) in [6, 6.07) is 25.7. The molecule has 0 amide bonds. The third-order valence-electron chi connectivity index (χ3n) is 4.55. The van der Waals surface area contributed by atoms with Crippen molar-refractivity contribution in [2.75, 3.05) is 0 Å². The Balaban J connectivity index is 1.80. The Hall–Kier alpha value is -2.41. The highest BCUT2D eigenvalue weighted by Crippen LogP contribution is 2.36. The van der Waals surface area contributed by atoms with E-state index in [9.17, 15) is 0 Å². The number of aryl methyl sites for hydroxylation is 1. The van der Waals surface area contributed by atoms with E-state index >= 15 is 0 Å². The van der Waals surface area contributed by atoms with E-state index in [4.69, 9.17) is 4.98 Å². The second kappa shape index (κ2) is 5.76. The van der Waals surface area contributed by atoms with Gasteiger partial charge in [0.15, 0.2) is 0 Å². The Labute approximate surface area is 131 Å². The maximum Gasteiger partial charge on any atom is 0.0705 e. The quantitative estimate of drug-likeness (QED) is 0.629. The lowest BCUT2D eigenvalue weighted by Crippen LogP contribution is -2.13. The number of benzene rings is 2. The molecule has 22 heavy (non-hydrogen) atoms. The number of fused-ring (bicyclic) bond motifs is 1. The van der Waals surface area contributed by atoms with Crippen LogP contribution in [0.2, 0.25) is 0 Å². The highest BCUT2D eigenvalue weighted by Gasteiger charge is 2.23. The predicted octanol–water partition coefficient (Wildman–Crippen LogP) is 5.22. The molecular formula is C21H19N. The van der Waals surface area contributed by atoms with Crippen LogP contribution in [-0.2, 0) is 6.42 Å². The molecule has 1 heterocycles. The number of nitrogens with zero attached hydrogens (tertiary/aromatic N) is 1. The highest BCUT2D eigenvalue weighted by atomic mass is 14.7. The summed E-state index contributed by atoms with van der Waals surface area (Å²) < 4.78 is 0. The van der Waals surface area contributed by atoms with Gasteiger partial charge in [-0.1, -0.05) is 66.7 Å². The lowest BCUT2D eigenvalue weighted by molar-refractivity contribution is 0.599. The molecule has 0 N–H and O–H groups in total. The van der Waals surface area contributed by atoms with Gasteiger partial charge in [-0.2, -0.15) is 0 Å². The molecule has 0 aliphatic heterocycles. The zero-order valence-electron chi connectivity index (χ0n) is 12.6. The van der Waals surface area contributed by atoms with E-state index in [0.29, 0.717) is 5.92 Å². The molecule has 0 saturated heterocycles. The predicted molar refractivity (Wildman–Crippen MR) is 90.9 cm³/mol. The summed E-state index contributed by atoms with van der Waals surface area (Å²) >= 11 is 0. The molecular weight excluding hydrogens is 266 g/mol. The number of hydrogen-bond acceptors (Lipinski definition) is 1. The van der Waals surface area contributed by atoms with Crippen LogP contribution in [0.15, 0.2) is 72.8 Å². The van der Waals surface area contributed by atoms with Gasteiger partial charge in [-0.3, -0.25) is 4.98 Å². The first-order valence-corrected chi connectivity index (χ1v) is 8.02. The molecule has 1 aliphatic carbocycles. The van der Waals surface area contributed by atoms with Crippen LogP contribution in [0.3, 0.4) is 0 Å². The molecule has 1 aromatic heterocycles. The van der Waals surface area contributed by atoms with Crippen molar-refractivity contribution in [2.45, 2.75) is 25.2 Å². The molecule has 1 aliphatic rings. The van der Waals surface area contributed by atoms with Crippen LogP contribution in [0, 0.1) is 0 Å². The van der Waals surface area contributed by atoms with Crippen LogP contribution in [0.5, 0.6) is 0 Å². The fourth-order valence-electron chi connectivity index (χ4n) is 3.43. The highest BCUT2D eigenvalue weighted by molar-refractivity contribution is 5.60. The maximum atomic E-state index is 5.04. The number of aromatic nitrogens is 1. The Bertz CT molecular complexity index is 762. The third kappa shape index (κ3) is 2.43. The van der Waals surface area contributed by atoms with Gasteiger partial charge >= 0.3 is 0 Å². The molecule has 0 saturated carbocycles. The van der Waals surface area contributed by atoms with Gasteiger partial charge in [0.2, 0.25) is 0 Å². The van der Waals surface area contributed by atoms with E-state index in [1.165, 1.54) is 35.2 Å². The molecule has 0 fully saturated rings. The minimum Gasteiger partial charge on any atom is -0.252 e. The average Bonchev–Trinajstić information content (AvgIpc) is 2.62. The van der Waals surface area contributed by atoms with Gasteiger partial charge in [0, 0.05) is 11.5 Å². The van der Waals surface area contributed by atoms with E-state index in [1.54, 1.807) is 0 Å². The van der Waals surface area contributed by atoms with Gasteiger partial charge in [0.05, 0.1) is 11.4 Å². The second-order valence-electron chi connectivity index (χ2n) is 5.96. The summed E-state index contributed by atoms with van der Waals surface area (Å²) in [5, 5.41) is 0. The molecule has 1 atom stereocenters. The SMILES string of the molecule is c1ccc(-c2ccc3c(n2)C(c2ccccc2)CCC3)cc1. The third-order valence-corrected chi connectivity index (χ3v) is 4.55. The van der Waals surface area contributed by atoms with Gasteiger partial charge in [-0.15, -0.1) is 0 Å². The summed E-state index contributed by atoms with van der Waals surface area (Å²) in [6.45, 7) is 0. The fraction of sp³-hybridized carbons (Fsp3) is 0.190. The molecule has 0 radical (unpaired) electrons. The van der Waals surface area contributed by atoms with Gasteiger partial charge in [-0.25, -0.2) is 0 Å². The van der Waals surface area contributed by atoms with Gasteiger partial charge < -0.3 is 0 Å². The summed E-state index contributed by atoms with van der Waals surface area (Å²) in [7, 11) is 0. The van der Waals surface area contributed by atoms with Gasteiger partial charge in [0.1, 0.15) is 0 Å². The largest absolute Gasteiger partial charge is 0.252 e. The lowest BCUT2D eigenvalue weighted by atomic mass is 9.82. The monoisotopic (exact) mass is 285 g/mol. The first kappa shape index (κ1) is 13.3. The van der Waals surface area contributed by atoms with Crippen molar-refractivity contribution in [1.82, 2.24) is 4.98 Å². The molecule has 2 aromatic carbocycles. The van der Waals surface area contributed by atoms with E-state index < -0.39 is 0 Å². The number of rotatable bonds is 2. The number of pyridine rings is 1. The lowest BCUT2D eigenvalue weighted by Gasteiger charge is -2.25. The van der Waals surface area contributed by atoms with Crippen molar-refractivity contribution in [2.24, 2.45) is 0 Å². The van der Waals surface area contributed by atoms with Crippen LogP contribution in [-0.4, -0.2) is 4.98 Å². The Morgan fingerprint density at radius 3 is 2.27 bits per heavy atom. The van der Waals surface area contributed by atoms with Crippen LogP contribution in [0.4, 0.5) is 0 Å². The smallest absolute Gasteiger partial charge is 0.0705 e. The van der Waals surface area contributed by atoms with Crippen molar-refractivity contribution in [3.63, 3.8) is 0 Å². The molecule has 108 valence electrons. The summed E-state index contributed by atoms with van der Waals surface area (Å²) in [4.78, 5) is 5.04. The van der Waals surface area contributed by atoms with E-state index in [0.717, 1.165) is 12.1 Å². The van der Waals surface area contributed by atoms with Crippen LogP contribution in [0.1, 0.15) is 35.6 Å². The van der Waals surface area contributed by atoms with Crippen molar-refractivity contribution in [3.05, 3.63) is 89.6 Å². The first-order valence-electron chi connectivity index (χ1n) is 8.02. The Morgan fingerprint density at radius 2 is 1.50 bits per heavy atom. The molecule has 3 aromatic rings. The normalized spacial score (nSPS) is 17.0. The second-order valence-corrected chi connectivity index (χ2v) is 5.96. The van der Waals surface area contributed by atoms with Crippen LogP contribution < -0.4 is 0 Å². The van der Waals surface area contributed by atoms with Crippen LogP contribution >= 0.6 is 0 Å². The fourth-order valence-corrected chi connectivity index (χ4v) is 3.43. The maximum absolute atomic E-state index is 5.04. The summed E-state index contributed by atoms with van der Waals surface area (Å²) in [6.07, 6.45) is 3.60. The molecule has 0 spiro atoms. The summed E-state index contributed by atoms with van der Waals surface area (Å²) in [5.74, 6) is 0.439. The van der Waals surface area contributed by atoms with Crippen molar-refractivity contribution in [3.8, 4) is 11.3 Å². The van der Waals surface area contributed by atoms with Gasteiger partial charge in [0.25, 0.3) is 0 Å². The van der Waals surface area contributed by atoms with E-state index in [1.807, 2.05) is 0 Å². The minimum absolute atomic E-state index is 0.439. The minimum atomic E-state index is 0.439. The molecule has 0 bridgehead atoms. The van der Waals surface area contributed by atoms with E-state index in [2.05, 4.69) is 72.8 Å². The average molecular weight is 285 g/mol. The van der Waals surface area contributed by atoms with Crippen molar-refractivity contribution < 1.29 is 0 Å². The van der Waals surface area contributed by atoms with Crippen molar-refractivity contribution >= 4 is 0 Å². The van der Waals surface area contributed by atoms with Crippen molar-refractivity contribution in [1.29, 1.82) is 0 Å². The Kier molecular flexibility index (Phi) is 3.48. The zero-order valence-corrected chi connectivity index (χ0v) is 12.6. The zero-order chi connectivity index (χ0) is 14.8. The molecule has 1 unspecified atom stereocenters. The molecule has 1 heteroatoms. The molecule has 1 nitrogen and oxygen atoms in total. The topological polar surface area (TPSA) is 12.9 Å². The Morgan fingerprint density at radius 1 is 0.773 bits per heavy atom. The number of hydrogen-bond donors (Lipinski definition) is 0. The summed E-state index contributed by atoms with van der Waals surface area (Å²) in [5.41, 5.74) is 6.37. The molecule has 4 rings (SSSR count). The van der Waals surface area contributed by atoms with Gasteiger partial charge in [-0.05, 0) is 36.5 Å².